The second kappa shape index (κ2) is 12.6. The Kier molecular flexibility index (Phi) is 8.78. The summed E-state index contributed by atoms with van der Waals surface area (Å²) in [6.45, 7) is 1.93. The van der Waals surface area contributed by atoms with Gasteiger partial charge in [-0.1, -0.05) is 67.6 Å². The van der Waals surface area contributed by atoms with Crippen LogP contribution in [0.1, 0.15) is 13.3 Å². The topological polar surface area (TPSA) is 58.6 Å². The first-order chi connectivity index (χ1) is 17.6. The van der Waals surface area contributed by atoms with Crippen molar-refractivity contribution in [2.75, 3.05) is 16.8 Å². The molecule has 2 amide bonds. The third-order valence-electron chi connectivity index (χ3n) is 5.40. The molecule has 0 aliphatic rings. The van der Waals surface area contributed by atoms with Crippen LogP contribution >= 0.6 is 11.8 Å². The van der Waals surface area contributed by atoms with Crippen molar-refractivity contribution in [1.82, 2.24) is 0 Å². The summed E-state index contributed by atoms with van der Waals surface area (Å²) in [5.41, 5.74) is 2.31. The van der Waals surface area contributed by atoms with Crippen LogP contribution in [0, 0.1) is 0 Å². The molecule has 4 rings (SSSR count). The van der Waals surface area contributed by atoms with Crippen LogP contribution in [0.3, 0.4) is 0 Å². The van der Waals surface area contributed by atoms with E-state index in [0.29, 0.717) is 17.9 Å². The number of para-hydroxylation sites is 3. The summed E-state index contributed by atoms with van der Waals surface area (Å²) in [5, 5.41) is 2.57. The molecule has 0 aliphatic carbocycles. The Bertz CT molecular complexity index is 1230. The largest absolute Gasteiger partial charge is 0.484 e. The van der Waals surface area contributed by atoms with E-state index in [9.17, 15) is 9.59 Å². The van der Waals surface area contributed by atoms with E-state index in [4.69, 9.17) is 4.74 Å². The zero-order valence-corrected chi connectivity index (χ0v) is 20.9. The molecule has 0 spiro atoms. The van der Waals surface area contributed by atoms with E-state index in [2.05, 4.69) is 5.32 Å². The van der Waals surface area contributed by atoms with Gasteiger partial charge in [-0.25, -0.2) is 0 Å². The summed E-state index contributed by atoms with van der Waals surface area (Å²) in [5.74, 6) is 0.400. The van der Waals surface area contributed by atoms with Crippen LogP contribution in [0.2, 0.25) is 0 Å². The zero-order chi connectivity index (χ0) is 25.2. The lowest BCUT2D eigenvalue weighted by Gasteiger charge is -2.27. The lowest BCUT2D eigenvalue weighted by Crippen LogP contribution is -2.34. The Morgan fingerprint density at radius 1 is 0.806 bits per heavy atom. The van der Waals surface area contributed by atoms with E-state index in [1.54, 1.807) is 17.0 Å². The lowest BCUT2D eigenvalue weighted by molar-refractivity contribution is -0.118. The standard InChI is InChI=1S/C30H28N2O3S/c1-2-28(30(34)32(24-14-6-3-7-15-24)25-16-8-4-9-17-25)36-27-20-12-13-23(21-27)31-29(33)22-35-26-18-10-5-11-19-26/h3-21,28H,2,22H2,1H3,(H,31,33). The first-order valence-corrected chi connectivity index (χ1v) is 12.7. The number of hydrogen-bond donors (Lipinski definition) is 1. The molecule has 1 N–H and O–H groups in total. The van der Waals surface area contributed by atoms with Crippen LogP contribution in [-0.2, 0) is 9.59 Å². The minimum atomic E-state index is -0.308. The number of benzene rings is 4. The van der Waals surface area contributed by atoms with Crippen LogP contribution < -0.4 is 15.0 Å². The van der Waals surface area contributed by atoms with E-state index >= 15 is 0 Å². The van der Waals surface area contributed by atoms with E-state index in [-0.39, 0.29) is 23.7 Å². The van der Waals surface area contributed by atoms with Crippen molar-refractivity contribution in [2.24, 2.45) is 0 Å². The minimum absolute atomic E-state index is 0.00518. The number of carbonyl (C=O) groups is 2. The molecular formula is C30H28N2O3S. The van der Waals surface area contributed by atoms with Crippen LogP contribution in [0.5, 0.6) is 5.75 Å². The summed E-state index contributed by atoms with van der Waals surface area (Å²) < 4.78 is 5.53. The highest BCUT2D eigenvalue weighted by molar-refractivity contribution is 8.00. The van der Waals surface area contributed by atoms with E-state index in [1.165, 1.54) is 11.8 Å². The maximum Gasteiger partial charge on any atom is 0.262 e. The monoisotopic (exact) mass is 496 g/mol. The molecule has 0 bridgehead atoms. The van der Waals surface area contributed by atoms with Gasteiger partial charge in [-0.15, -0.1) is 11.8 Å². The van der Waals surface area contributed by atoms with Gasteiger partial charge in [-0.2, -0.15) is 0 Å². The summed E-state index contributed by atoms with van der Waals surface area (Å²) in [6.07, 6.45) is 0.654. The molecule has 0 aliphatic heterocycles. The molecular weight excluding hydrogens is 468 g/mol. The van der Waals surface area contributed by atoms with Crippen LogP contribution in [0.15, 0.2) is 120 Å². The smallest absolute Gasteiger partial charge is 0.262 e. The molecule has 4 aromatic carbocycles. The highest BCUT2D eigenvalue weighted by atomic mass is 32.2. The third kappa shape index (κ3) is 6.77. The van der Waals surface area contributed by atoms with Crippen LogP contribution in [-0.4, -0.2) is 23.7 Å². The predicted octanol–water partition coefficient (Wildman–Crippen LogP) is 6.94. The highest BCUT2D eigenvalue weighted by Crippen LogP contribution is 2.33. The molecule has 36 heavy (non-hydrogen) atoms. The van der Waals surface area contributed by atoms with Crippen molar-refractivity contribution in [3.8, 4) is 5.75 Å². The molecule has 182 valence electrons. The SMILES string of the molecule is CCC(Sc1cccc(NC(=O)COc2ccccc2)c1)C(=O)N(c1ccccc1)c1ccccc1. The first-order valence-electron chi connectivity index (χ1n) is 11.8. The maximum absolute atomic E-state index is 13.8. The fourth-order valence-corrected chi connectivity index (χ4v) is 4.74. The van der Waals surface area contributed by atoms with Crippen molar-refractivity contribution in [3.63, 3.8) is 0 Å². The quantitative estimate of drug-likeness (QED) is 0.242. The molecule has 0 fully saturated rings. The second-order valence-electron chi connectivity index (χ2n) is 8.04. The molecule has 4 aromatic rings. The van der Waals surface area contributed by atoms with Gasteiger partial charge in [-0.05, 0) is 61.0 Å². The van der Waals surface area contributed by atoms with E-state index in [0.717, 1.165) is 16.3 Å². The van der Waals surface area contributed by atoms with Gasteiger partial charge in [0.2, 0.25) is 5.91 Å². The normalized spacial score (nSPS) is 11.4. The number of nitrogens with one attached hydrogen (secondary N) is 1. The maximum atomic E-state index is 13.8. The van der Waals surface area contributed by atoms with E-state index < -0.39 is 0 Å². The van der Waals surface area contributed by atoms with Gasteiger partial charge in [0.1, 0.15) is 5.75 Å². The van der Waals surface area contributed by atoms with Crippen molar-refractivity contribution >= 4 is 40.6 Å². The Morgan fingerprint density at radius 2 is 1.39 bits per heavy atom. The Labute approximate surface area is 216 Å². The second-order valence-corrected chi connectivity index (χ2v) is 9.31. The lowest BCUT2D eigenvalue weighted by atomic mass is 10.2. The van der Waals surface area contributed by atoms with Gasteiger partial charge >= 0.3 is 0 Å². The summed E-state index contributed by atoms with van der Waals surface area (Å²) in [7, 11) is 0. The molecule has 5 nitrogen and oxygen atoms in total. The molecule has 1 atom stereocenters. The third-order valence-corrected chi connectivity index (χ3v) is 6.75. The molecule has 6 heteroatoms. The zero-order valence-electron chi connectivity index (χ0n) is 20.0. The number of amides is 2. The number of carbonyl (C=O) groups excluding carboxylic acids is 2. The van der Waals surface area contributed by atoms with Gasteiger partial charge in [0.25, 0.3) is 5.91 Å². The fraction of sp³-hybridized carbons (Fsp3) is 0.133. The Hall–Kier alpha value is -4.03. The molecule has 0 radical (unpaired) electrons. The Morgan fingerprint density at radius 3 is 1.97 bits per heavy atom. The van der Waals surface area contributed by atoms with Gasteiger partial charge < -0.3 is 10.1 Å². The summed E-state index contributed by atoms with van der Waals surface area (Å²) in [6, 6.07) is 36.1. The fourth-order valence-electron chi connectivity index (χ4n) is 3.68. The molecule has 1 unspecified atom stereocenters. The molecule has 0 aromatic heterocycles. The average molecular weight is 497 g/mol. The van der Waals surface area contributed by atoms with Crippen LogP contribution in [0.4, 0.5) is 17.1 Å². The Balaban J connectivity index is 1.46. The van der Waals surface area contributed by atoms with Crippen molar-refractivity contribution in [1.29, 1.82) is 0 Å². The molecule has 0 saturated carbocycles. The number of ether oxygens (including phenoxy) is 1. The van der Waals surface area contributed by atoms with Crippen molar-refractivity contribution in [2.45, 2.75) is 23.5 Å². The number of hydrogen-bond acceptors (Lipinski definition) is 4. The number of thioether (sulfide) groups is 1. The van der Waals surface area contributed by atoms with Gasteiger partial charge in [-0.3, -0.25) is 14.5 Å². The molecule has 0 heterocycles. The average Bonchev–Trinajstić information content (AvgIpc) is 2.92. The van der Waals surface area contributed by atoms with Gasteiger partial charge in [0, 0.05) is 22.0 Å². The molecule has 0 saturated heterocycles. The van der Waals surface area contributed by atoms with Crippen LogP contribution in [0.25, 0.3) is 0 Å². The number of anilines is 3. The first kappa shape index (κ1) is 25.1. The highest BCUT2D eigenvalue weighted by Gasteiger charge is 2.26. The van der Waals surface area contributed by atoms with Gasteiger partial charge in [0.15, 0.2) is 6.61 Å². The van der Waals surface area contributed by atoms with E-state index in [1.807, 2.05) is 110 Å². The summed E-state index contributed by atoms with van der Waals surface area (Å²) in [4.78, 5) is 28.8. The predicted molar refractivity (Wildman–Crippen MR) is 147 cm³/mol. The van der Waals surface area contributed by atoms with Crippen molar-refractivity contribution in [3.05, 3.63) is 115 Å². The van der Waals surface area contributed by atoms with Crippen molar-refractivity contribution < 1.29 is 14.3 Å². The number of nitrogens with zero attached hydrogens (tertiary/aromatic N) is 1. The number of rotatable bonds is 10. The minimum Gasteiger partial charge on any atom is -0.484 e. The van der Waals surface area contributed by atoms with Gasteiger partial charge in [0.05, 0.1) is 5.25 Å². The summed E-state index contributed by atoms with van der Waals surface area (Å²) >= 11 is 1.49.